The second-order valence-electron chi connectivity index (χ2n) is 5.31. The van der Waals surface area contributed by atoms with Gasteiger partial charge in [0.15, 0.2) is 6.04 Å². The van der Waals surface area contributed by atoms with Crippen LogP contribution >= 0.6 is 11.8 Å². The Morgan fingerprint density at radius 3 is 2.42 bits per heavy atom. The van der Waals surface area contributed by atoms with Gasteiger partial charge in [-0.15, -0.1) is 0 Å². The maximum absolute atomic E-state index is 12.3. The van der Waals surface area contributed by atoms with E-state index in [2.05, 4.69) is 15.4 Å². The Morgan fingerprint density at radius 2 is 1.85 bits per heavy atom. The monoisotopic (exact) mass is 384 g/mol. The van der Waals surface area contributed by atoms with Crippen molar-refractivity contribution in [1.29, 1.82) is 0 Å². The number of carbonyl (C=O) groups excluding carboxylic acids is 3. The van der Waals surface area contributed by atoms with Gasteiger partial charge >= 0.3 is 12.1 Å². The molecule has 0 unspecified atom stereocenters. The van der Waals surface area contributed by atoms with Crippen LogP contribution in [0.4, 0.5) is 4.79 Å². The summed E-state index contributed by atoms with van der Waals surface area (Å²) in [4.78, 5) is 35.8. The Balaban J connectivity index is 2.62. The van der Waals surface area contributed by atoms with Gasteiger partial charge in [-0.1, -0.05) is 30.3 Å². The van der Waals surface area contributed by atoms with E-state index in [-0.39, 0.29) is 6.61 Å². The molecular formula is C17H24N2O6S. The first kappa shape index (κ1) is 21.8. The van der Waals surface area contributed by atoms with Crippen LogP contribution in [-0.4, -0.2) is 60.9 Å². The number of amides is 2. The van der Waals surface area contributed by atoms with Crippen molar-refractivity contribution in [3.63, 3.8) is 0 Å². The molecule has 0 bridgehead atoms. The van der Waals surface area contributed by atoms with Gasteiger partial charge in [0, 0.05) is 0 Å². The van der Waals surface area contributed by atoms with Crippen LogP contribution in [0.5, 0.6) is 0 Å². The number of esters is 1. The summed E-state index contributed by atoms with van der Waals surface area (Å²) < 4.78 is 9.61. The van der Waals surface area contributed by atoms with Gasteiger partial charge in [-0.05, 0) is 24.0 Å². The molecule has 0 heterocycles. The minimum absolute atomic E-state index is 0.0744. The van der Waals surface area contributed by atoms with Crippen LogP contribution in [-0.2, 0) is 25.7 Å². The van der Waals surface area contributed by atoms with Crippen molar-refractivity contribution in [2.75, 3.05) is 25.7 Å². The second kappa shape index (κ2) is 12.2. The van der Waals surface area contributed by atoms with Gasteiger partial charge in [-0.25, -0.2) is 9.59 Å². The number of rotatable bonds is 10. The van der Waals surface area contributed by atoms with E-state index >= 15 is 0 Å². The third kappa shape index (κ3) is 7.75. The molecule has 144 valence electrons. The van der Waals surface area contributed by atoms with Crippen LogP contribution in [0, 0.1) is 0 Å². The van der Waals surface area contributed by atoms with E-state index in [4.69, 9.17) is 4.74 Å². The highest BCUT2D eigenvalue weighted by Crippen LogP contribution is 2.04. The van der Waals surface area contributed by atoms with E-state index in [1.54, 1.807) is 0 Å². The summed E-state index contributed by atoms with van der Waals surface area (Å²) >= 11 is 1.51. The number of hydrogen-bond acceptors (Lipinski definition) is 7. The first-order valence-electron chi connectivity index (χ1n) is 7.97. The fraction of sp³-hybridized carbons (Fsp3) is 0.471. The summed E-state index contributed by atoms with van der Waals surface area (Å²) in [5.74, 6) is -0.754. The highest BCUT2D eigenvalue weighted by molar-refractivity contribution is 7.98. The van der Waals surface area contributed by atoms with Crippen molar-refractivity contribution in [1.82, 2.24) is 10.6 Å². The number of carbonyl (C=O) groups is 3. The molecule has 0 saturated heterocycles. The fourth-order valence-corrected chi connectivity index (χ4v) is 2.48. The zero-order valence-corrected chi connectivity index (χ0v) is 15.6. The number of methoxy groups -OCH3 is 1. The zero-order chi connectivity index (χ0) is 19.4. The smallest absolute Gasteiger partial charge is 0.408 e. The first-order chi connectivity index (χ1) is 12.5. The minimum Gasteiger partial charge on any atom is -0.467 e. The van der Waals surface area contributed by atoms with Gasteiger partial charge in [-0.3, -0.25) is 4.79 Å². The maximum atomic E-state index is 12.3. The van der Waals surface area contributed by atoms with Crippen molar-refractivity contribution in [3.8, 4) is 0 Å². The molecule has 0 aromatic heterocycles. The van der Waals surface area contributed by atoms with Crippen LogP contribution < -0.4 is 10.6 Å². The third-order valence-corrected chi connectivity index (χ3v) is 4.06. The summed E-state index contributed by atoms with van der Waals surface area (Å²) in [7, 11) is 1.15. The molecular weight excluding hydrogens is 360 g/mol. The SMILES string of the molecule is COC(=O)[C@H](CO)NC(=O)[C@H](CCSC)NC(=O)OCc1ccccc1. The highest BCUT2D eigenvalue weighted by atomic mass is 32.2. The summed E-state index contributed by atoms with van der Waals surface area (Å²) in [5, 5.41) is 14.0. The molecule has 0 saturated carbocycles. The van der Waals surface area contributed by atoms with E-state index in [9.17, 15) is 19.5 Å². The Labute approximate surface area is 156 Å². The second-order valence-corrected chi connectivity index (χ2v) is 6.29. The lowest BCUT2D eigenvalue weighted by atomic mass is 10.2. The largest absolute Gasteiger partial charge is 0.467 e. The molecule has 1 aromatic carbocycles. The van der Waals surface area contributed by atoms with Crippen molar-refractivity contribution in [2.24, 2.45) is 0 Å². The number of benzene rings is 1. The quantitative estimate of drug-likeness (QED) is 0.508. The maximum Gasteiger partial charge on any atom is 0.408 e. The predicted molar refractivity (Wildman–Crippen MR) is 97.6 cm³/mol. The number of aliphatic hydroxyl groups is 1. The molecule has 0 aliphatic rings. The standard InChI is InChI=1S/C17H24N2O6S/c1-24-16(22)14(10-20)18-15(21)13(8-9-26-2)19-17(23)25-11-12-6-4-3-5-7-12/h3-7,13-14,20H,8-11H2,1-2H3,(H,18,21)(H,19,23)/t13-,14-/m0/s1. The molecule has 2 atom stereocenters. The topological polar surface area (TPSA) is 114 Å². The average Bonchev–Trinajstić information content (AvgIpc) is 2.67. The lowest BCUT2D eigenvalue weighted by Gasteiger charge is -2.21. The first-order valence-corrected chi connectivity index (χ1v) is 9.36. The molecule has 0 aliphatic carbocycles. The number of ether oxygens (including phenoxy) is 2. The molecule has 2 amide bonds. The number of hydrogen-bond donors (Lipinski definition) is 3. The van der Waals surface area contributed by atoms with Gasteiger partial charge in [-0.2, -0.15) is 11.8 Å². The molecule has 0 spiro atoms. The average molecular weight is 384 g/mol. The van der Waals surface area contributed by atoms with E-state index in [1.807, 2.05) is 36.6 Å². The van der Waals surface area contributed by atoms with Crippen LogP contribution in [0.2, 0.25) is 0 Å². The van der Waals surface area contributed by atoms with E-state index in [0.29, 0.717) is 12.2 Å². The molecule has 8 nitrogen and oxygen atoms in total. The molecule has 0 radical (unpaired) electrons. The predicted octanol–water partition coefficient (Wildman–Crippen LogP) is 0.685. The lowest BCUT2D eigenvalue weighted by Crippen LogP contribution is -2.53. The Morgan fingerprint density at radius 1 is 1.15 bits per heavy atom. The summed E-state index contributed by atoms with van der Waals surface area (Å²) in [6.45, 7) is -0.531. The third-order valence-electron chi connectivity index (χ3n) is 3.42. The van der Waals surface area contributed by atoms with Gasteiger partial charge in [0.1, 0.15) is 12.6 Å². The van der Waals surface area contributed by atoms with Crippen molar-refractivity contribution in [2.45, 2.75) is 25.1 Å². The van der Waals surface area contributed by atoms with Gasteiger partial charge in [0.25, 0.3) is 0 Å². The summed E-state index contributed by atoms with van der Waals surface area (Å²) in [6, 6.07) is 7.04. The minimum atomic E-state index is -1.19. The molecule has 9 heteroatoms. The number of alkyl carbamates (subject to hydrolysis) is 1. The van der Waals surface area contributed by atoms with E-state index in [0.717, 1.165) is 12.7 Å². The van der Waals surface area contributed by atoms with Crippen LogP contribution in [0.3, 0.4) is 0 Å². The van der Waals surface area contributed by atoms with Crippen molar-refractivity contribution >= 4 is 29.7 Å². The highest BCUT2D eigenvalue weighted by Gasteiger charge is 2.27. The van der Waals surface area contributed by atoms with E-state index in [1.165, 1.54) is 11.8 Å². The van der Waals surface area contributed by atoms with Gasteiger partial charge in [0.05, 0.1) is 13.7 Å². The number of aliphatic hydroxyl groups excluding tert-OH is 1. The molecule has 26 heavy (non-hydrogen) atoms. The summed E-state index contributed by atoms with van der Waals surface area (Å²) in [5.41, 5.74) is 0.818. The Kier molecular flexibility index (Phi) is 10.2. The Bertz CT molecular complexity index is 584. The van der Waals surface area contributed by atoms with Crippen LogP contribution in [0.25, 0.3) is 0 Å². The normalized spacial score (nSPS) is 12.6. The van der Waals surface area contributed by atoms with Gasteiger partial charge < -0.3 is 25.2 Å². The van der Waals surface area contributed by atoms with Crippen LogP contribution in [0.1, 0.15) is 12.0 Å². The van der Waals surface area contributed by atoms with Crippen molar-refractivity contribution < 1.29 is 29.0 Å². The number of thioether (sulfide) groups is 1. The van der Waals surface area contributed by atoms with Gasteiger partial charge in [0.2, 0.25) is 5.91 Å². The van der Waals surface area contributed by atoms with Crippen molar-refractivity contribution in [3.05, 3.63) is 35.9 Å². The fourth-order valence-electron chi connectivity index (χ4n) is 2.01. The summed E-state index contributed by atoms with van der Waals surface area (Å²) in [6.07, 6.45) is 1.47. The van der Waals surface area contributed by atoms with Crippen LogP contribution in [0.15, 0.2) is 30.3 Å². The molecule has 1 rings (SSSR count). The zero-order valence-electron chi connectivity index (χ0n) is 14.8. The number of nitrogens with one attached hydrogen (secondary N) is 2. The Hall–Kier alpha value is -2.26. The van der Waals surface area contributed by atoms with E-state index < -0.39 is 36.7 Å². The molecule has 0 aliphatic heterocycles. The lowest BCUT2D eigenvalue weighted by molar-refractivity contribution is -0.146. The molecule has 1 aromatic rings. The molecule has 3 N–H and O–H groups in total. The molecule has 0 fully saturated rings.